The van der Waals surface area contributed by atoms with Crippen molar-refractivity contribution in [1.29, 1.82) is 0 Å². The third-order valence-corrected chi connectivity index (χ3v) is 3.19. The zero-order valence-electron chi connectivity index (χ0n) is 9.95. The Morgan fingerprint density at radius 3 is 2.22 bits per heavy atom. The van der Waals surface area contributed by atoms with Gasteiger partial charge < -0.3 is 4.74 Å². The lowest BCUT2D eigenvalue weighted by Crippen LogP contribution is -2.03. The molecule has 3 rings (SSSR count). The van der Waals surface area contributed by atoms with Crippen LogP contribution in [0, 0.1) is 0 Å². The van der Waals surface area contributed by atoms with Crippen LogP contribution in [0.5, 0.6) is 0 Å². The van der Waals surface area contributed by atoms with Crippen LogP contribution in [0.2, 0.25) is 0 Å². The molecule has 2 aromatic rings. The molecule has 0 N–H and O–H groups in total. The lowest BCUT2D eigenvalue weighted by atomic mass is 10.0. The second kappa shape index (κ2) is 4.75. The van der Waals surface area contributed by atoms with Gasteiger partial charge in [0, 0.05) is 12.0 Å². The summed E-state index contributed by atoms with van der Waals surface area (Å²) >= 11 is 0. The fraction of sp³-hybridized carbons (Fsp3) is 0.188. The van der Waals surface area contributed by atoms with E-state index >= 15 is 0 Å². The van der Waals surface area contributed by atoms with Crippen molar-refractivity contribution in [3.05, 3.63) is 71.8 Å². The fourth-order valence-corrected chi connectivity index (χ4v) is 2.16. The summed E-state index contributed by atoms with van der Waals surface area (Å²) in [5.74, 6) is 0.152. The highest BCUT2D eigenvalue weighted by molar-refractivity contribution is 5.96. The Morgan fingerprint density at radius 2 is 1.56 bits per heavy atom. The first kappa shape index (κ1) is 11.2. The second-order valence-corrected chi connectivity index (χ2v) is 4.50. The van der Waals surface area contributed by atoms with Crippen molar-refractivity contribution in [3.63, 3.8) is 0 Å². The summed E-state index contributed by atoms with van der Waals surface area (Å²) in [4.78, 5) is 12.0. The smallest absolute Gasteiger partial charge is 0.165 e. The molecule has 0 saturated carbocycles. The molecular weight excluding hydrogens is 224 g/mol. The van der Waals surface area contributed by atoms with E-state index < -0.39 is 0 Å². The van der Waals surface area contributed by atoms with Crippen molar-refractivity contribution < 1.29 is 9.53 Å². The Morgan fingerprint density at radius 1 is 0.944 bits per heavy atom. The summed E-state index contributed by atoms with van der Waals surface area (Å²) in [6.45, 7) is 0. The van der Waals surface area contributed by atoms with Gasteiger partial charge in [0.2, 0.25) is 0 Å². The highest BCUT2D eigenvalue weighted by Crippen LogP contribution is 2.41. The maximum Gasteiger partial charge on any atom is 0.165 e. The SMILES string of the molecule is O=C(C[C@@H]1O[C@H]1c1ccccc1)c1ccccc1. The van der Waals surface area contributed by atoms with Crippen molar-refractivity contribution in [1.82, 2.24) is 0 Å². The number of carbonyl (C=O) groups is 1. The summed E-state index contributed by atoms with van der Waals surface area (Å²) in [5.41, 5.74) is 1.92. The van der Waals surface area contributed by atoms with Crippen LogP contribution in [0.25, 0.3) is 0 Å². The summed E-state index contributed by atoms with van der Waals surface area (Å²) in [6, 6.07) is 19.4. The highest BCUT2D eigenvalue weighted by atomic mass is 16.6. The molecule has 2 heteroatoms. The second-order valence-electron chi connectivity index (χ2n) is 4.50. The summed E-state index contributed by atoms with van der Waals surface area (Å²) in [7, 11) is 0. The molecule has 1 aliphatic heterocycles. The number of hydrogen-bond acceptors (Lipinski definition) is 2. The van der Waals surface area contributed by atoms with E-state index in [2.05, 4.69) is 0 Å². The van der Waals surface area contributed by atoms with Crippen LogP contribution in [0.1, 0.15) is 28.4 Å². The molecule has 0 aromatic heterocycles. The number of rotatable bonds is 4. The van der Waals surface area contributed by atoms with Gasteiger partial charge in [-0.1, -0.05) is 60.7 Å². The third-order valence-electron chi connectivity index (χ3n) is 3.19. The van der Waals surface area contributed by atoms with Crippen molar-refractivity contribution in [2.75, 3.05) is 0 Å². The van der Waals surface area contributed by atoms with Gasteiger partial charge >= 0.3 is 0 Å². The molecule has 0 amide bonds. The van der Waals surface area contributed by atoms with Gasteiger partial charge in [-0.05, 0) is 5.56 Å². The zero-order chi connectivity index (χ0) is 12.4. The summed E-state index contributed by atoms with van der Waals surface area (Å²) in [5, 5.41) is 0. The minimum atomic E-state index is 0.0418. The third kappa shape index (κ3) is 2.34. The number of ether oxygens (including phenoxy) is 1. The van der Waals surface area contributed by atoms with Crippen LogP contribution < -0.4 is 0 Å². The largest absolute Gasteiger partial charge is 0.364 e. The lowest BCUT2D eigenvalue weighted by molar-refractivity contribution is 0.0972. The first-order chi connectivity index (χ1) is 8.84. The number of hydrogen-bond donors (Lipinski definition) is 0. The molecule has 1 heterocycles. The fourth-order valence-electron chi connectivity index (χ4n) is 2.16. The average Bonchev–Trinajstić information content (AvgIpc) is 3.20. The molecule has 18 heavy (non-hydrogen) atoms. The van der Waals surface area contributed by atoms with Crippen molar-refractivity contribution in [2.45, 2.75) is 18.6 Å². The quantitative estimate of drug-likeness (QED) is 0.603. The van der Waals surface area contributed by atoms with E-state index in [-0.39, 0.29) is 18.0 Å². The zero-order valence-corrected chi connectivity index (χ0v) is 9.95. The van der Waals surface area contributed by atoms with Crippen molar-refractivity contribution in [2.24, 2.45) is 0 Å². The van der Waals surface area contributed by atoms with Crippen LogP contribution in [0.3, 0.4) is 0 Å². The minimum absolute atomic E-state index is 0.0418. The number of carbonyl (C=O) groups excluding carboxylic acids is 1. The Hall–Kier alpha value is -1.93. The maximum absolute atomic E-state index is 12.0. The van der Waals surface area contributed by atoms with E-state index in [1.165, 1.54) is 0 Å². The minimum Gasteiger partial charge on any atom is -0.364 e. The van der Waals surface area contributed by atoms with Crippen LogP contribution in [-0.4, -0.2) is 11.9 Å². The monoisotopic (exact) mass is 238 g/mol. The number of ketones is 1. The Bertz CT molecular complexity index is 534. The maximum atomic E-state index is 12.0. The van der Waals surface area contributed by atoms with Gasteiger partial charge in [0.15, 0.2) is 5.78 Å². The van der Waals surface area contributed by atoms with E-state index in [1.807, 2.05) is 60.7 Å². The van der Waals surface area contributed by atoms with Crippen LogP contribution in [0.4, 0.5) is 0 Å². The van der Waals surface area contributed by atoms with E-state index in [4.69, 9.17) is 4.74 Å². The van der Waals surface area contributed by atoms with Gasteiger partial charge in [-0.3, -0.25) is 4.79 Å². The van der Waals surface area contributed by atoms with E-state index in [1.54, 1.807) is 0 Å². The molecule has 2 atom stereocenters. The summed E-state index contributed by atoms with van der Waals surface area (Å²) < 4.78 is 5.57. The van der Waals surface area contributed by atoms with Crippen LogP contribution in [-0.2, 0) is 4.74 Å². The lowest BCUT2D eigenvalue weighted by Gasteiger charge is -1.98. The molecular formula is C16H14O2. The summed E-state index contributed by atoms with van der Waals surface area (Å²) in [6.07, 6.45) is 0.600. The van der Waals surface area contributed by atoms with Gasteiger partial charge in [-0.15, -0.1) is 0 Å². The number of benzene rings is 2. The number of Topliss-reactive ketones (excluding diaryl/α,β-unsaturated/α-hetero) is 1. The molecule has 1 fully saturated rings. The Kier molecular flexibility index (Phi) is 2.95. The first-order valence-electron chi connectivity index (χ1n) is 6.13. The predicted octanol–water partition coefficient (Wildman–Crippen LogP) is 3.40. The van der Waals surface area contributed by atoms with Gasteiger partial charge in [0.05, 0.1) is 6.10 Å². The molecule has 0 aliphatic carbocycles. The Balaban J connectivity index is 1.62. The van der Waals surface area contributed by atoms with E-state index in [0.717, 1.165) is 11.1 Å². The van der Waals surface area contributed by atoms with Crippen LogP contribution in [0.15, 0.2) is 60.7 Å². The van der Waals surface area contributed by atoms with Crippen molar-refractivity contribution in [3.8, 4) is 0 Å². The van der Waals surface area contributed by atoms with Gasteiger partial charge in [-0.25, -0.2) is 0 Å². The van der Waals surface area contributed by atoms with E-state index in [0.29, 0.717) is 6.42 Å². The molecule has 1 saturated heterocycles. The van der Waals surface area contributed by atoms with Crippen LogP contribution >= 0.6 is 0 Å². The highest BCUT2D eigenvalue weighted by Gasteiger charge is 2.41. The first-order valence-corrected chi connectivity index (χ1v) is 6.13. The molecule has 2 nitrogen and oxygen atoms in total. The Labute approximate surface area is 106 Å². The van der Waals surface area contributed by atoms with Gasteiger partial charge in [0.1, 0.15) is 6.10 Å². The standard InChI is InChI=1S/C16H14O2/c17-14(12-7-3-1-4-8-12)11-15-16(18-15)13-9-5-2-6-10-13/h1-10,15-16H,11H2/t15-,16-/m0/s1. The van der Waals surface area contributed by atoms with Crippen molar-refractivity contribution >= 4 is 5.78 Å². The topological polar surface area (TPSA) is 29.6 Å². The molecule has 0 bridgehead atoms. The molecule has 0 unspecified atom stereocenters. The normalized spacial score (nSPS) is 21.6. The predicted molar refractivity (Wildman–Crippen MR) is 69.4 cm³/mol. The van der Waals surface area contributed by atoms with Gasteiger partial charge in [-0.2, -0.15) is 0 Å². The van der Waals surface area contributed by atoms with Gasteiger partial charge in [0.25, 0.3) is 0 Å². The molecule has 90 valence electrons. The molecule has 1 aliphatic rings. The van der Waals surface area contributed by atoms with E-state index in [9.17, 15) is 4.79 Å². The molecule has 2 aromatic carbocycles. The molecule has 0 radical (unpaired) electrons. The molecule has 0 spiro atoms. The number of epoxide rings is 1. The average molecular weight is 238 g/mol.